The second-order valence-corrected chi connectivity index (χ2v) is 3.01. The number of unbranched alkanes of at least 4 members (excludes halogenated alkanes) is 3. The fraction of sp³-hybridized carbons (Fsp3) is 1.00. The molecule has 0 aromatic heterocycles. The van der Waals surface area contributed by atoms with Crippen LogP contribution in [-0.2, 0) is 9.47 Å². The predicted molar refractivity (Wildman–Crippen MR) is 56.5 cm³/mol. The van der Waals surface area contributed by atoms with E-state index >= 15 is 0 Å². The average molecular weight is 208 g/mol. The minimum absolute atomic E-state index is 0. The van der Waals surface area contributed by atoms with E-state index in [2.05, 4.69) is 6.92 Å². The van der Waals surface area contributed by atoms with Crippen LogP contribution in [-0.4, -0.2) is 43.6 Å². The molecule has 0 bridgehead atoms. The Morgan fingerprint density at radius 2 is 1.50 bits per heavy atom. The smallest absolute Gasteiger partial charge is 0.0701 e. The molecule has 0 heterocycles. The fourth-order valence-electron chi connectivity index (χ4n) is 1.02. The van der Waals surface area contributed by atoms with Crippen LogP contribution in [0.3, 0.4) is 0 Å². The van der Waals surface area contributed by atoms with E-state index < -0.39 is 0 Å². The van der Waals surface area contributed by atoms with E-state index in [4.69, 9.17) is 14.6 Å². The molecule has 0 aliphatic rings. The molecule has 0 unspecified atom stereocenters. The normalized spacial score (nSPS) is 9.86. The Morgan fingerprint density at radius 1 is 0.857 bits per heavy atom. The van der Waals surface area contributed by atoms with Crippen molar-refractivity contribution < 1.29 is 20.1 Å². The molecule has 3 N–H and O–H groups in total. The SMILES string of the molecule is CCCCCCOCCOCCO.O. The van der Waals surface area contributed by atoms with Crippen molar-refractivity contribution in [1.82, 2.24) is 0 Å². The molecule has 0 atom stereocenters. The van der Waals surface area contributed by atoms with Crippen molar-refractivity contribution in [2.75, 3.05) is 33.0 Å². The lowest BCUT2D eigenvalue weighted by atomic mass is 10.2. The lowest BCUT2D eigenvalue weighted by molar-refractivity contribution is 0.0321. The molecule has 0 saturated carbocycles. The number of hydrogen-bond acceptors (Lipinski definition) is 3. The first-order valence-electron chi connectivity index (χ1n) is 5.18. The Kier molecular flexibility index (Phi) is 17.8. The minimum atomic E-state index is 0. The van der Waals surface area contributed by atoms with E-state index in [1.165, 1.54) is 19.3 Å². The molecule has 4 heteroatoms. The summed E-state index contributed by atoms with van der Waals surface area (Å²) in [7, 11) is 0. The molecule has 0 fully saturated rings. The highest BCUT2D eigenvalue weighted by atomic mass is 16.5. The number of aliphatic hydroxyl groups excluding tert-OH is 1. The van der Waals surface area contributed by atoms with E-state index in [-0.39, 0.29) is 12.1 Å². The van der Waals surface area contributed by atoms with Gasteiger partial charge in [0, 0.05) is 6.61 Å². The van der Waals surface area contributed by atoms with Gasteiger partial charge in [0.2, 0.25) is 0 Å². The van der Waals surface area contributed by atoms with Gasteiger partial charge in [0.25, 0.3) is 0 Å². The summed E-state index contributed by atoms with van der Waals surface area (Å²) in [5, 5.41) is 8.40. The summed E-state index contributed by atoms with van der Waals surface area (Å²) >= 11 is 0. The first kappa shape index (κ1) is 16.3. The third-order valence-corrected chi connectivity index (χ3v) is 1.75. The second kappa shape index (κ2) is 15.3. The zero-order chi connectivity index (χ0) is 9.78. The molecular weight excluding hydrogens is 184 g/mol. The molecule has 0 spiro atoms. The first-order valence-corrected chi connectivity index (χ1v) is 5.18. The summed E-state index contributed by atoms with van der Waals surface area (Å²) < 4.78 is 10.4. The molecule has 0 amide bonds. The largest absolute Gasteiger partial charge is 0.412 e. The quantitative estimate of drug-likeness (QED) is 0.539. The van der Waals surface area contributed by atoms with Crippen molar-refractivity contribution in [2.45, 2.75) is 32.6 Å². The highest BCUT2D eigenvalue weighted by molar-refractivity contribution is 4.39. The standard InChI is InChI=1S/C10H22O3.H2O/c1-2-3-4-5-7-12-9-10-13-8-6-11;/h11H,2-10H2,1H3;1H2. The zero-order valence-corrected chi connectivity index (χ0v) is 9.13. The van der Waals surface area contributed by atoms with Gasteiger partial charge in [-0.3, -0.25) is 0 Å². The Balaban J connectivity index is 0. The Bertz CT molecular complexity index is 78.2. The van der Waals surface area contributed by atoms with Crippen LogP contribution in [0.15, 0.2) is 0 Å². The maximum atomic E-state index is 8.40. The summed E-state index contributed by atoms with van der Waals surface area (Å²) in [6.07, 6.45) is 4.96. The lowest BCUT2D eigenvalue weighted by Gasteiger charge is -2.04. The highest BCUT2D eigenvalue weighted by Gasteiger charge is 1.90. The monoisotopic (exact) mass is 208 g/mol. The second-order valence-electron chi connectivity index (χ2n) is 3.01. The van der Waals surface area contributed by atoms with Crippen molar-refractivity contribution in [2.24, 2.45) is 0 Å². The van der Waals surface area contributed by atoms with Gasteiger partial charge in [-0.1, -0.05) is 26.2 Å². The van der Waals surface area contributed by atoms with Gasteiger partial charge in [0.05, 0.1) is 26.4 Å². The molecule has 0 aliphatic carbocycles. The summed E-state index contributed by atoms with van der Waals surface area (Å²) in [6.45, 7) is 4.78. The third kappa shape index (κ3) is 14.4. The van der Waals surface area contributed by atoms with Gasteiger partial charge in [-0.15, -0.1) is 0 Å². The maximum Gasteiger partial charge on any atom is 0.0701 e. The van der Waals surface area contributed by atoms with Crippen molar-refractivity contribution in [3.63, 3.8) is 0 Å². The third-order valence-electron chi connectivity index (χ3n) is 1.75. The van der Waals surface area contributed by atoms with Gasteiger partial charge < -0.3 is 20.1 Å². The molecule has 0 radical (unpaired) electrons. The number of hydrogen-bond donors (Lipinski definition) is 1. The van der Waals surface area contributed by atoms with E-state index in [9.17, 15) is 0 Å². The zero-order valence-electron chi connectivity index (χ0n) is 9.13. The van der Waals surface area contributed by atoms with Crippen LogP contribution >= 0.6 is 0 Å². The fourth-order valence-corrected chi connectivity index (χ4v) is 1.02. The summed E-state index contributed by atoms with van der Waals surface area (Å²) in [4.78, 5) is 0. The summed E-state index contributed by atoms with van der Waals surface area (Å²) in [5.74, 6) is 0. The van der Waals surface area contributed by atoms with Gasteiger partial charge in [-0.05, 0) is 6.42 Å². The lowest BCUT2D eigenvalue weighted by Crippen LogP contribution is -2.07. The number of rotatable bonds is 10. The van der Waals surface area contributed by atoms with Crippen molar-refractivity contribution in [3.8, 4) is 0 Å². The van der Waals surface area contributed by atoms with Gasteiger partial charge in [-0.25, -0.2) is 0 Å². The van der Waals surface area contributed by atoms with Crippen LogP contribution in [0, 0.1) is 0 Å². The summed E-state index contributed by atoms with van der Waals surface area (Å²) in [5.41, 5.74) is 0. The topological polar surface area (TPSA) is 70.2 Å². The molecule has 0 aliphatic heterocycles. The Morgan fingerprint density at radius 3 is 2.07 bits per heavy atom. The van der Waals surface area contributed by atoms with Crippen LogP contribution in [0.1, 0.15) is 32.6 Å². The van der Waals surface area contributed by atoms with Crippen LogP contribution in [0.25, 0.3) is 0 Å². The Hall–Kier alpha value is -0.160. The molecule has 14 heavy (non-hydrogen) atoms. The van der Waals surface area contributed by atoms with Crippen LogP contribution in [0.2, 0.25) is 0 Å². The average Bonchev–Trinajstić information content (AvgIpc) is 2.16. The van der Waals surface area contributed by atoms with E-state index in [0.29, 0.717) is 19.8 Å². The van der Waals surface area contributed by atoms with E-state index in [1.807, 2.05) is 0 Å². The van der Waals surface area contributed by atoms with Crippen molar-refractivity contribution in [1.29, 1.82) is 0 Å². The van der Waals surface area contributed by atoms with Crippen molar-refractivity contribution in [3.05, 3.63) is 0 Å². The summed E-state index contributed by atoms with van der Waals surface area (Å²) in [6, 6.07) is 0. The van der Waals surface area contributed by atoms with Crippen molar-refractivity contribution >= 4 is 0 Å². The first-order chi connectivity index (χ1) is 6.41. The molecule has 0 aromatic carbocycles. The van der Waals surface area contributed by atoms with Gasteiger partial charge in [-0.2, -0.15) is 0 Å². The van der Waals surface area contributed by atoms with Crippen LogP contribution < -0.4 is 0 Å². The number of aliphatic hydroxyl groups is 1. The number of ether oxygens (including phenoxy) is 2. The van der Waals surface area contributed by atoms with E-state index in [1.54, 1.807) is 0 Å². The molecular formula is C10H24O4. The molecule has 88 valence electrons. The van der Waals surface area contributed by atoms with Gasteiger partial charge in [0.1, 0.15) is 0 Å². The van der Waals surface area contributed by atoms with Gasteiger partial charge in [0.15, 0.2) is 0 Å². The van der Waals surface area contributed by atoms with Crippen LogP contribution in [0.4, 0.5) is 0 Å². The maximum absolute atomic E-state index is 8.40. The van der Waals surface area contributed by atoms with E-state index in [0.717, 1.165) is 13.0 Å². The van der Waals surface area contributed by atoms with Gasteiger partial charge >= 0.3 is 0 Å². The van der Waals surface area contributed by atoms with Crippen LogP contribution in [0.5, 0.6) is 0 Å². The predicted octanol–water partition coefficient (Wildman–Crippen LogP) is 0.767. The molecule has 0 aromatic rings. The molecule has 0 rings (SSSR count). The molecule has 0 saturated heterocycles. The molecule has 4 nitrogen and oxygen atoms in total. The highest BCUT2D eigenvalue weighted by Crippen LogP contribution is 1.98. The Labute approximate surface area is 86.5 Å². The minimum Gasteiger partial charge on any atom is -0.412 e.